The Balaban J connectivity index is 1.93. The number of aryl methyl sites for hydroxylation is 2. The number of rotatable bonds is 4. The molecule has 2 aromatic carbocycles. The fraction of sp³-hybridized carbons (Fsp3) is 0.200. The van der Waals surface area contributed by atoms with Crippen LogP contribution in [0.4, 0.5) is 0 Å². The zero-order valence-corrected chi connectivity index (χ0v) is 10.1. The maximum Gasteiger partial charge on any atom is 0.230 e. The van der Waals surface area contributed by atoms with Crippen LogP contribution in [0.1, 0.15) is 11.1 Å². The van der Waals surface area contributed by atoms with Crippen LogP contribution in [0, 0.1) is 13.8 Å². The predicted molar refractivity (Wildman–Crippen MR) is 68.5 cm³/mol. The molecule has 0 aliphatic rings. The highest BCUT2D eigenvalue weighted by Crippen LogP contribution is 2.19. The molecule has 88 valence electrons. The van der Waals surface area contributed by atoms with Gasteiger partial charge in [-0.05, 0) is 37.1 Å². The van der Waals surface area contributed by atoms with E-state index < -0.39 is 0 Å². The molecule has 0 fully saturated rings. The lowest BCUT2D eigenvalue weighted by atomic mass is 10.2. The van der Waals surface area contributed by atoms with Crippen LogP contribution in [0.3, 0.4) is 0 Å². The van der Waals surface area contributed by atoms with E-state index in [4.69, 9.17) is 9.47 Å². The second kappa shape index (κ2) is 5.39. The van der Waals surface area contributed by atoms with Gasteiger partial charge in [-0.1, -0.05) is 36.4 Å². The summed E-state index contributed by atoms with van der Waals surface area (Å²) >= 11 is 0. The molecule has 0 saturated carbocycles. The van der Waals surface area contributed by atoms with E-state index in [1.807, 2.05) is 62.4 Å². The maximum atomic E-state index is 5.57. The number of ether oxygens (including phenoxy) is 2. The first-order chi connectivity index (χ1) is 8.27. The molecule has 0 radical (unpaired) electrons. The normalized spacial score (nSPS) is 10.0. The number of benzene rings is 2. The SMILES string of the molecule is Cc1ccccc1OCOc1ccccc1C. The molecule has 2 nitrogen and oxygen atoms in total. The average molecular weight is 228 g/mol. The lowest BCUT2D eigenvalue weighted by Gasteiger charge is -2.11. The van der Waals surface area contributed by atoms with Gasteiger partial charge in [0, 0.05) is 0 Å². The van der Waals surface area contributed by atoms with Gasteiger partial charge >= 0.3 is 0 Å². The van der Waals surface area contributed by atoms with Crippen molar-refractivity contribution in [1.29, 1.82) is 0 Å². The Kier molecular flexibility index (Phi) is 3.66. The van der Waals surface area contributed by atoms with Crippen LogP contribution < -0.4 is 9.47 Å². The van der Waals surface area contributed by atoms with Crippen LogP contribution in [0.25, 0.3) is 0 Å². The van der Waals surface area contributed by atoms with E-state index in [1.54, 1.807) is 0 Å². The van der Waals surface area contributed by atoms with Crippen molar-refractivity contribution in [3.63, 3.8) is 0 Å². The summed E-state index contributed by atoms with van der Waals surface area (Å²) in [6.45, 7) is 4.27. The first kappa shape index (κ1) is 11.5. The molecule has 0 saturated heterocycles. The van der Waals surface area contributed by atoms with E-state index >= 15 is 0 Å². The zero-order chi connectivity index (χ0) is 12.1. The molecule has 0 amide bonds. The van der Waals surface area contributed by atoms with Crippen molar-refractivity contribution in [3.05, 3.63) is 59.7 Å². The summed E-state index contributed by atoms with van der Waals surface area (Å²) in [5.41, 5.74) is 2.22. The Bertz CT molecular complexity index is 446. The molecule has 0 spiro atoms. The van der Waals surface area contributed by atoms with E-state index in [-0.39, 0.29) is 6.79 Å². The Labute approximate surface area is 102 Å². The second-order valence-electron chi connectivity index (χ2n) is 3.94. The number of hydrogen-bond acceptors (Lipinski definition) is 2. The highest BCUT2D eigenvalue weighted by molar-refractivity contribution is 5.33. The van der Waals surface area contributed by atoms with Gasteiger partial charge in [0.1, 0.15) is 11.5 Å². The Morgan fingerprint density at radius 2 is 1.12 bits per heavy atom. The molecular formula is C15H16O2. The van der Waals surface area contributed by atoms with Crippen molar-refractivity contribution in [2.24, 2.45) is 0 Å². The van der Waals surface area contributed by atoms with Gasteiger partial charge in [0.05, 0.1) is 0 Å². The summed E-state index contributed by atoms with van der Waals surface area (Å²) in [6, 6.07) is 15.8. The van der Waals surface area contributed by atoms with Crippen LogP contribution in [0.2, 0.25) is 0 Å². The van der Waals surface area contributed by atoms with Gasteiger partial charge in [-0.15, -0.1) is 0 Å². The lowest BCUT2D eigenvalue weighted by Crippen LogP contribution is -2.07. The molecule has 2 heteroatoms. The number of para-hydroxylation sites is 2. The molecule has 0 aromatic heterocycles. The monoisotopic (exact) mass is 228 g/mol. The molecule has 17 heavy (non-hydrogen) atoms. The van der Waals surface area contributed by atoms with Crippen molar-refractivity contribution in [2.75, 3.05) is 6.79 Å². The Hall–Kier alpha value is -1.96. The van der Waals surface area contributed by atoms with Gasteiger partial charge in [-0.2, -0.15) is 0 Å². The minimum Gasteiger partial charge on any atom is -0.457 e. The van der Waals surface area contributed by atoms with E-state index in [1.165, 1.54) is 0 Å². The first-order valence-electron chi connectivity index (χ1n) is 5.64. The standard InChI is InChI=1S/C15H16O2/c1-12-7-3-5-9-14(12)16-11-17-15-10-6-4-8-13(15)2/h3-10H,11H2,1-2H3. The van der Waals surface area contributed by atoms with Gasteiger partial charge in [-0.3, -0.25) is 0 Å². The molecule has 0 bridgehead atoms. The molecule has 0 N–H and O–H groups in total. The number of hydrogen-bond donors (Lipinski definition) is 0. The Morgan fingerprint density at radius 3 is 1.53 bits per heavy atom. The van der Waals surface area contributed by atoms with E-state index in [2.05, 4.69) is 0 Å². The van der Waals surface area contributed by atoms with Gasteiger partial charge in [0.2, 0.25) is 6.79 Å². The molecule has 2 aromatic rings. The van der Waals surface area contributed by atoms with Crippen molar-refractivity contribution < 1.29 is 9.47 Å². The maximum absolute atomic E-state index is 5.57. The summed E-state index contributed by atoms with van der Waals surface area (Å²) < 4.78 is 11.1. The zero-order valence-electron chi connectivity index (χ0n) is 10.1. The molecule has 0 heterocycles. The van der Waals surface area contributed by atoms with Crippen LogP contribution in [0.15, 0.2) is 48.5 Å². The van der Waals surface area contributed by atoms with E-state index in [0.29, 0.717) is 0 Å². The summed E-state index contributed by atoms with van der Waals surface area (Å²) in [4.78, 5) is 0. The average Bonchev–Trinajstić information content (AvgIpc) is 2.34. The molecule has 0 aliphatic carbocycles. The quantitative estimate of drug-likeness (QED) is 0.742. The Morgan fingerprint density at radius 1 is 0.706 bits per heavy atom. The van der Waals surface area contributed by atoms with Gasteiger partial charge in [0.15, 0.2) is 0 Å². The van der Waals surface area contributed by atoms with Gasteiger partial charge < -0.3 is 9.47 Å². The van der Waals surface area contributed by atoms with E-state index in [0.717, 1.165) is 22.6 Å². The van der Waals surface area contributed by atoms with Gasteiger partial charge in [-0.25, -0.2) is 0 Å². The summed E-state index contributed by atoms with van der Waals surface area (Å²) in [5, 5.41) is 0. The minimum absolute atomic E-state index is 0.232. The molecule has 0 atom stereocenters. The predicted octanol–water partition coefficient (Wildman–Crippen LogP) is 3.72. The molecular weight excluding hydrogens is 212 g/mol. The minimum atomic E-state index is 0.232. The molecule has 0 aliphatic heterocycles. The highest BCUT2D eigenvalue weighted by atomic mass is 16.7. The first-order valence-corrected chi connectivity index (χ1v) is 5.64. The highest BCUT2D eigenvalue weighted by Gasteiger charge is 2.00. The van der Waals surface area contributed by atoms with Crippen molar-refractivity contribution in [2.45, 2.75) is 13.8 Å². The third kappa shape index (κ3) is 3.00. The van der Waals surface area contributed by atoms with Gasteiger partial charge in [0.25, 0.3) is 0 Å². The largest absolute Gasteiger partial charge is 0.457 e. The summed E-state index contributed by atoms with van der Waals surface area (Å²) in [6.07, 6.45) is 0. The fourth-order valence-corrected chi connectivity index (χ4v) is 1.59. The molecule has 0 unspecified atom stereocenters. The van der Waals surface area contributed by atoms with Crippen LogP contribution >= 0.6 is 0 Å². The third-order valence-electron chi connectivity index (χ3n) is 2.62. The second-order valence-corrected chi connectivity index (χ2v) is 3.94. The summed E-state index contributed by atoms with van der Waals surface area (Å²) in [7, 11) is 0. The molecule has 2 rings (SSSR count). The van der Waals surface area contributed by atoms with Crippen molar-refractivity contribution >= 4 is 0 Å². The van der Waals surface area contributed by atoms with Crippen molar-refractivity contribution in [1.82, 2.24) is 0 Å². The lowest BCUT2D eigenvalue weighted by molar-refractivity contribution is 0.118. The smallest absolute Gasteiger partial charge is 0.230 e. The summed E-state index contributed by atoms with van der Waals surface area (Å²) in [5.74, 6) is 1.72. The third-order valence-corrected chi connectivity index (χ3v) is 2.62. The topological polar surface area (TPSA) is 18.5 Å². The van der Waals surface area contributed by atoms with Crippen molar-refractivity contribution in [3.8, 4) is 11.5 Å². The van der Waals surface area contributed by atoms with E-state index in [9.17, 15) is 0 Å². The van der Waals surface area contributed by atoms with Crippen LogP contribution in [-0.2, 0) is 0 Å². The van der Waals surface area contributed by atoms with Crippen LogP contribution in [-0.4, -0.2) is 6.79 Å². The fourth-order valence-electron chi connectivity index (χ4n) is 1.59. The van der Waals surface area contributed by atoms with Crippen LogP contribution in [0.5, 0.6) is 11.5 Å².